The fourth-order valence-corrected chi connectivity index (χ4v) is 3.53. The molecule has 3 rings (SSSR count). The summed E-state index contributed by atoms with van der Waals surface area (Å²) in [5.74, 6) is 1.11. The maximum Gasteiger partial charge on any atom is 0.266 e. The van der Waals surface area contributed by atoms with Gasteiger partial charge in [0.1, 0.15) is 16.9 Å². The third kappa shape index (κ3) is 3.56. The molecule has 130 valence electrons. The van der Waals surface area contributed by atoms with Crippen molar-refractivity contribution in [3.8, 4) is 11.6 Å². The first kappa shape index (κ1) is 17.2. The molecule has 0 fully saturated rings. The molecule has 1 aromatic carbocycles. The average Bonchev–Trinajstić information content (AvgIpc) is 2.95. The predicted octanol–water partition coefficient (Wildman–Crippen LogP) is 4.05. The van der Waals surface area contributed by atoms with Gasteiger partial charge in [0.25, 0.3) is 5.91 Å². The number of thiophene rings is 1. The van der Waals surface area contributed by atoms with Crippen LogP contribution in [-0.4, -0.2) is 29.1 Å². The number of nitrogens with zero attached hydrogens (tertiary/aromatic N) is 2. The number of rotatable bonds is 6. The standard InChI is InChI=1S/C18H19N3O3S/c1-4-23-13-8-6-12(7-9-13)21-16(22)15-11(3)14-17(24-5-2)19-10-20-18(14)25-15/h6-10H,4-5H2,1-3H3,(H,21,22). The number of benzene rings is 1. The van der Waals surface area contributed by atoms with Gasteiger partial charge in [0.15, 0.2) is 0 Å². The van der Waals surface area contributed by atoms with E-state index in [4.69, 9.17) is 9.47 Å². The molecule has 0 bridgehead atoms. The second-order valence-electron chi connectivity index (χ2n) is 5.26. The number of fused-ring (bicyclic) bond motifs is 1. The number of hydrogen-bond donors (Lipinski definition) is 1. The number of nitrogens with one attached hydrogen (secondary N) is 1. The normalized spacial score (nSPS) is 10.7. The number of amides is 1. The summed E-state index contributed by atoms with van der Waals surface area (Å²) in [5, 5.41) is 3.71. The van der Waals surface area contributed by atoms with Gasteiger partial charge < -0.3 is 14.8 Å². The van der Waals surface area contributed by atoms with E-state index in [1.807, 2.05) is 45.0 Å². The van der Waals surface area contributed by atoms with Crippen LogP contribution >= 0.6 is 11.3 Å². The molecule has 0 aliphatic rings. The van der Waals surface area contributed by atoms with E-state index in [2.05, 4.69) is 15.3 Å². The lowest BCUT2D eigenvalue weighted by Gasteiger charge is -2.07. The maximum atomic E-state index is 12.7. The number of anilines is 1. The van der Waals surface area contributed by atoms with Crippen molar-refractivity contribution in [3.05, 3.63) is 41.0 Å². The summed E-state index contributed by atoms with van der Waals surface area (Å²) in [6.45, 7) is 6.83. The third-order valence-electron chi connectivity index (χ3n) is 3.60. The molecular weight excluding hydrogens is 338 g/mol. The first-order valence-electron chi connectivity index (χ1n) is 8.05. The van der Waals surface area contributed by atoms with E-state index in [-0.39, 0.29) is 5.91 Å². The SMILES string of the molecule is CCOc1ccc(NC(=O)c2sc3ncnc(OCC)c3c2C)cc1. The van der Waals surface area contributed by atoms with Crippen LogP contribution in [0.2, 0.25) is 0 Å². The summed E-state index contributed by atoms with van der Waals surface area (Å²) < 4.78 is 11.0. The highest BCUT2D eigenvalue weighted by Gasteiger charge is 2.20. The van der Waals surface area contributed by atoms with Gasteiger partial charge in [-0.25, -0.2) is 9.97 Å². The molecular formula is C18H19N3O3S. The van der Waals surface area contributed by atoms with E-state index in [1.54, 1.807) is 0 Å². The van der Waals surface area contributed by atoms with Gasteiger partial charge in [-0.05, 0) is 50.6 Å². The Hall–Kier alpha value is -2.67. The zero-order chi connectivity index (χ0) is 17.8. The maximum absolute atomic E-state index is 12.7. The van der Waals surface area contributed by atoms with E-state index in [0.717, 1.165) is 21.5 Å². The molecule has 2 heterocycles. The Labute approximate surface area is 149 Å². The molecule has 0 atom stereocenters. The monoisotopic (exact) mass is 357 g/mol. The molecule has 25 heavy (non-hydrogen) atoms. The van der Waals surface area contributed by atoms with Gasteiger partial charge in [0.05, 0.1) is 23.5 Å². The molecule has 1 N–H and O–H groups in total. The average molecular weight is 357 g/mol. The van der Waals surface area contributed by atoms with E-state index < -0.39 is 0 Å². The molecule has 0 spiro atoms. The van der Waals surface area contributed by atoms with Gasteiger partial charge in [-0.1, -0.05) is 0 Å². The van der Waals surface area contributed by atoms with E-state index in [0.29, 0.717) is 29.7 Å². The van der Waals surface area contributed by atoms with Crippen LogP contribution in [0.1, 0.15) is 29.1 Å². The third-order valence-corrected chi connectivity index (χ3v) is 4.80. The van der Waals surface area contributed by atoms with Gasteiger partial charge in [-0.2, -0.15) is 0 Å². The molecule has 1 amide bonds. The minimum absolute atomic E-state index is 0.174. The Morgan fingerprint density at radius 3 is 2.52 bits per heavy atom. The second-order valence-corrected chi connectivity index (χ2v) is 6.26. The van der Waals surface area contributed by atoms with Crippen LogP contribution < -0.4 is 14.8 Å². The minimum Gasteiger partial charge on any atom is -0.494 e. The molecule has 0 radical (unpaired) electrons. The van der Waals surface area contributed by atoms with Crippen LogP contribution in [0.3, 0.4) is 0 Å². The Bertz CT molecular complexity index is 890. The summed E-state index contributed by atoms with van der Waals surface area (Å²) >= 11 is 1.33. The highest BCUT2D eigenvalue weighted by atomic mass is 32.1. The van der Waals surface area contributed by atoms with Crippen LogP contribution in [0.15, 0.2) is 30.6 Å². The molecule has 3 aromatic rings. The van der Waals surface area contributed by atoms with E-state index in [1.165, 1.54) is 17.7 Å². The Morgan fingerprint density at radius 2 is 1.84 bits per heavy atom. The number of aromatic nitrogens is 2. The lowest BCUT2D eigenvalue weighted by atomic mass is 10.2. The Balaban J connectivity index is 1.87. The molecule has 6 nitrogen and oxygen atoms in total. The molecule has 0 saturated heterocycles. The number of hydrogen-bond acceptors (Lipinski definition) is 6. The van der Waals surface area contributed by atoms with Crippen molar-refractivity contribution in [1.29, 1.82) is 0 Å². The van der Waals surface area contributed by atoms with Crippen LogP contribution in [0.4, 0.5) is 5.69 Å². The van der Waals surface area contributed by atoms with E-state index >= 15 is 0 Å². The van der Waals surface area contributed by atoms with E-state index in [9.17, 15) is 4.79 Å². The van der Waals surface area contributed by atoms with Crippen molar-refractivity contribution in [2.75, 3.05) is 18.5 Å². The van der Waals surface area contributed by atoms with Crippen molar-refractivity contribution in [2.45, 2.75) is 20.8 Å². The van der Waals surface area contributed by atoms with Crippen LogP contribution in [0.5, 0.6) is 11.6 Å². The largest absolute Gasteiger partial charge is 0.494 e. The van der Waals surface area contributed by atoms with Crippen LogP contribution in [0.25, 0.3) is 10.2 Å². The van der Waals surface area contributed by atoms with Crippen LogP contribution in [-0.2, 0) is 0 Å². The zero-order valence-electron chi connectivity index (χ0n) is 14.3. The first-order valence-corrected chi connectivity index (χ1v) is 8.86. The summed E-state index contributed by atoms with van der Waals surface area (Å²) in [6.07, 6.45) is 1.46. The topological polar surface area (TPSA) is 73.3 Å². The smallest absolute Gasteiger partial charge is 0.266 e. The van der Waals surface area contributed by atoms with Crippen molar-refractivity contribution in [2.24, 2.45) is 0 Å². The first-order chi connectivity index (χ1) is 12.1. The van der Waals surface area contributed by atoms with Gasteiger partial charge >= 0.3 is 0 Å². The fourth-order valence-electron chi connectivity index (χ4n) is 2.49. The Morgan fingerprint density at radius 1 is 1.12 bits per heavy atom. The summed E-state index contributed by atoms with van der Waals surface area (Å²) in [4.78, 5) is 22.4. The summed E-state index contributed by atoms with van der Waals surface area (Å²) in [5.41, 5.74) is 1.54. The molecule has 2 aromatic heterocycles. The second kappa shape index (κ2) is 7.48. The fraction of sp³-hybridized carbons (Fsp3) is 0.278. The van der Waals surface area contributed by atoms with Crippen molar-refractivity contribution in [1.82, 2.24) is 9.97 Å². The minimum atomic E-state index is -0.174. The van der Waals surface area contributed by atoms with Gasteiger partial charge in [-0.15, -0.1) is 11.3 Å². The zero-order valence-corrected chi connectivity index (χ0v) is 15.1. The van der Waals surface area contributed by atoms with Crippen molar-refractivity contribution in [3.63, 3.8) is 0 Å². The molecule has 0 aliphatic carbocycles. The van der Waals surface area contributed by atoms with Gasteiger partial charge in [0, 0.05) is 5.69 Å². The highest BCUT2D eigenvalue weighted by Crippen LogP contribution is 2.34. The number of carbonyl (C=O) groups excluding carboxylic acids is 1. The van der Waals surface area contributed by atoms with Crippen LogP contribution in [0, 0.1) is 6.92 Å². The predicted molar refractivity (Wildman–Crippen MR) is 98.9 cm³/mol. The number of ether oxygens (including phenoxy) is 2. The van der Waals surface area contributed by atoms with Crippen molar-refractivity contribution >= 4 is 33.1 Å². The quantitative estimate of drug-likeness (QED) is 0.720. The summed E-state index contributed by atoms with van der Waals surface area (Å²) in [7, 11) is 0. The highest BCUT2D eigenvalue weighted by molar-refractivity contribution is 7.20. The number of carbonyl (C=O) groups is 1. The molecule has 0 saturated carbocycles. The molecule has 0 aliphatic heterocycles. The number of aryl methyl sites for hydroxylation is 1. The summed E-state index contributed by atoms with van der Waals surface area (Å²) in [6, 6.07) is 7.29. The van der Waals surface area contributed by atoms with Gasteiger partial charge in [0.2, 0.25) is 5.88 Å². The molecule has 0 unspecified atom stereocenters. The molecule has 7 heteroatoms. The lowest BCUT2D eigenvalue weighted by Crippen LogP contribution is -2.11. The van der Waals surface area contributed by atoms with Gasteiger partial charge in [-0.3, -0.25) is 4.79 Å². The Kier molecular flexibility index (Phi) is 5.14. The lowest BCUT2D eigenvalue weighted by molar-refractivity contribution is 0.103. The van der Waals surface area contributed by atoms with Crippen molar-refractivity contribution < 1.29 is 14.3 Å².